The molecule has 2 saturated heterocycles. The molecule has 0 aromatic heterocycles. The second-order valence-electron chi connectivity index (χ2n) is 7.67. The summed E-state index contributed by atoms with van der Waals surface area (Å²) < 4.78 is 25.2. The van der Waals surface area contributed by atoms with Crippen LogP contribution in [-0.4, -0.2) is 54.9 Å². The number of Topliss-reactive ketones (excluding diaryl/α,β-unsaturated/α-hetero) is 1. The van der Waals surface area contributed by atoms with Gasteiger partial charge in [-0.3, -0.25) is 9.69 Å². The van der Waals surface area contributed by atoms with Crippen molar-refractivity contribution in [2.75, 3.05) is 31.1 Å². The number of nitrogens with zero attached hydrogens (tertiary/aromatic N) is 1. The van der Waals surface area contributed by atoms with Gasteiger partial charge in [-0.25, -0.2) is 9.18 Å². The number of amides is 1. The molecule has 0 saturated carbocycles. The van der Waals surface area contributed by atoms with E-state index in [1.165, 1.54) is 24.0 Å². The van der Waals surface area contributed by atoms with Gasteiger partial charge in [-0.2, -0.15) is 0 Å². The Hall–Kier alpha value is -2.45. The Morgan fingerprint density at radius 1 is 1.45 bits per heavy atom. The number of ketones is 1. The summed E-state index contributed by atoms with van der Waals surface area (Å²) in [5.41, 5.74) is -0.0393. The van der Waals surface area contributed by atoms with Gasteiger partial charge in [0.2, 0.25) is 0 Å². The van der Waals surface area contributed by atoms with Crippen LogP contribution in [0.1, 0.15) is 32.6 Å². The molecule has 0 unspecified atom stereocenters. The number of hydrogen-bond donors (Lipinski definition) is 2. The molecule has 0 aliphatic carbocycles. The summed E-state index contributed by atoms with van der Waals surface area (Å²) in [4.78, 5) is 24.8. The molecule has 2 aliphatic rings. The summed E-state index contributed by atoms with van der Waals surface area (Å²) in [5.74, 6) is -0.675. The quantitative estimate of drug-likeness (QED) is 0.645. The van der Waals surface area contributed by atoms with Crippen molar-refractivity contribution in [3.8, 4) is 5.75 Å². The summed E-state index contributed by atoms with van der Waals surface area (Å²) >= 11 is 0. The van der Waals surface area contributed by atoms with Crippen LogP contribution in [0.2, 0.25) is 0 Å². The summed E-state index contributed by atoms with van der Waals surface area (Å²) in [7, 11) is 0. The van der Waals surface area contributed by atoms with Gasteiger partial charge in [-0.15, -0.1) is 0 Å². The number of piperidine rings is 1. The van der Waals surface area contributed by atoms with Crippen LogP contribution in [0.15, 0.2) is 30.4 Å². The molecule has 2 N–H and O–H groups in total. The van der Waals surface area contributed by atoms with Gasteiger partial charge >= 0.3 is 6.09 Å². The fourth-order valence-corrected chi connectivity index (χ4v) is 3.53. The topological polar surface area (TPSA) is 88.1 Å². The van der Waals surface area contributed by atoms with Crippen LogP contribution in [0.25, 0.3) is 0 Å². The van der Waals surface area contributed by atoms with E-state index in [-0.39, 0.29) is 31.1 Å². The van der Waals surface area contributed by atoms with Crippen molar-refractivity contribution in [3.05, 3.63) is 36.2 Å². The molecule has 0 radical (unpaired) electrons. The molecule has 3 rings (SSSR count). The number of anilines is 1. The van der Waals surface area contributed by atoms with Gasteiger partial charge in [0.05, 0.1) is 24.4 Å². The Balaban J connectivity index is 1.57. The average Bonchev–Trinajstić information content (AvgIpc) is 3.03. The maximum atomic E-state index is 14.5. The van der Waals surface area contributed by atoms with Crippen molar-refractivity contribution < 1.29 is 28.6 Å². The molecule has 158 valence electrons. The van der Waals surface area contributed by atoms with Crippen molar-refractivity contribution in [1.29, 1.82) is 0 Å². The first kappa shape index (κ1) is 21.3. The van der Waals surface area contributed by atoms with E-state index in [0.29, 0.717) is 30.5 Å². The van der Waals surface area contributed by atoms with Crippen molar-refractivity contribution in [3.63, 3.8) is 0 Å². The van der Waals surface area contributed by atoms with Gasteiger partial charge in [0.1, 0.15) is 6.10 Å². The Morgan fingerprint density at radius 2 is 2.17 bits per heavy atom. The monoisotopic (exact) mass is 406 g/mol. The third-order valence-electron chi connectivity index (χ3n) is 5.43. The summed E-state index contributed by atoms with van der Waals surface area (Å²) in [5, 5.41) is 13.6. The number of halogens is 1. The van der Waals surface area contributed by atoms with Gasteiger partial charge in [0, 0.05) is 18.9 Å². The minimum atomic E-state index is -0.778. The van der Waals surface area contributed by atoms with Gasteiger partial charge in [0.15, 0.2) is 17.3 Å². The highest BCUT2D eigenvalue weighted by Gasteiger charge is 2.33. The lowest BCUT2D eigenvalue weighted by Gasteiger charge is -2.32. The van der Waals surface area contributed by atoms with E-state index in [1.807, 2.05) is 0 Å². The molecule has 1 aromatic rings. The van der Waals surface area contributed by atoms with Crippen LogP contribution in [0.4, 0.5) is 14.9 Å². The Kier molecular flexibility index (Phi) is 6.54. The normalized spacial score (nSPS) is 21.0. The number of cyclic esters (lactones) is 1. The van der Waals surface area contributed by atoms with Gasteiger partial charge in [0.25, 0.3) is 0 Å². The van der Waals surface area contributed by atoms with Crippen LogP contribution >= 0.6 is 0 Å². The molecule has 7 nitrogen and oxygen atoms in total. The Labute approximate surface area is 169 Å². The van der Waals surface area contributed by atoms with Crippen LogP contribution in [0.3, 0.4) is 0 Å². The molecule has 8 heteroatoms. The number of carbonyl (C=O) groups is 2. The maximum absolute atomic E-state index is 14.5. The van der Waals surface area contributed by atoms with E-state index in [4.69, 9.17) is 9.47 Å². The summed E-state index contributed by atoms with van der Waals surface area (Å²) in [6, 6.07) is 4.27. The van der Waals surface area contributed by atoms with Crippen molar-refractivity contribution in [1.82, 2.24) is 5.32 Å². The zero-order valence-corrected chi connectivity index (χ0v) is 16.6. The second kappa shape index (κ2) is 8.92. The fourth-order valence-electron chi connectivity index (χ4n) is 3.53. The first-order chi connectivity index (χ1) is 13.8. The predicted molar refractivity (Wildman–Crippen MR) is 106 cm³/mol. The first-order valence-corrected chi connectivity index (χ1v) is 9.80. The van der Waals surface area contributed by atoms with Crippen molar-refractivity contribution in [2.45, 2.75) is 44.3 Å². The number of nitrogens with one attached hydrogen (secondary N) is 1. The van der Waals surface area contributed by atoms with E-state index < -0.39 is 23.6 Å². The van der Waals surface area contributed by atoms with Gasteiger partial charge < -0.3 is 19.9 Å². The summed E-state index contributed by atoms with van der Waals surface area (Å²) in [6.45, 7) is 7.02. The number of carbonyl (C=O) groups excluding carboxylic acids is 2. The molecule has 1 amide bonds. The average molecular weight is 406 g/mol. The van der Waals surface area contributed by atoms with E-state index in [1.54, 1.807) is 6.07 Å². The molecule has 0 bridgehead atoms. The molecule has 1 atom stereocenters. The molecule has 0 spiro atoms. The lowest BCUT2D eigenvalue weighted by molar-refractivity contribution is -0.113. The molecule has 2 heterocycles. The first-order valence-electron chi connectivity index (χ1n) is 9.80. The zero-order valence-electron chi connectivity index (χ0n) is 16.6. The highest BCUT2D eigenvalue weighted by atomic mass is 19.1. The molecule has 2 aliphatic heterocycles. The highest BCUT2D eigenvalue weighted by molar-refractivity contribution is 5.93. The number of aliphatic hydroxyl groups is 1. The molecule has 2 fully saturated rings. The number of benzene rings is 1. The molecule has 1 aromatic carbocycles. The summed E-state index contributed by atoms with van der Waals surface area (Å²) in [6.07, 6.45) is 0.879. The van der Waals surface area contributed by atoms with Crippen molar-refractivity contribution in [2.24, 2.45) is 0 Å². The number of hydrogen-bond acceptors (Lipinski definition) is 6. The lowest BCUT2D eigenvalue weighted by atomic mass is 9.89. The largest absolute Gasteiger partial charge is 0.490 e. The van der Waals surface area contributed by atoms with E-state index in [2.05, 4.69) is 11.9 Å². The lowest BCUT2D eigenvalue weighted by Crippen LogP contribution is -2.42. The smallest absolute Gasteiger partial charge is 0.414 e. The third kappa shape index (κ3) is 5.33. The fraction of sp³-hybridized carbons (Fsp3) is 0.524. The van der Waals surface area contributed by atoms with Crippen LogP contribution in [-0.2, 0) is 9.53 Å². The Bertz CT molecular complexity index is 791. The van der Waals surface area contributed by atoms with Gasteiger partial charge in [-0.1, -0.05) is 6.58 Å². The molecular formula is C21H27FN2O5. The van der Waals surface area contributed by atoms with E-state index in [9.17, 15) is 19.1 Å². The molecule has 29 heavy (non-hydrogen) atoms. The van der Waals surface area contributed by atoms with Gasteiger partial charge in [-0.05, 0) is 50.6 Å². The van der Waals surface area contributed by atoms with Crippen LogP contribution in [0.5, 0.6) is 5.75 Å². The SMILES string of the molecule is C=C(C[C@@H]1CN(c2ccc(OCCC3(O)CCNCC3)c(F)c2)C(=O)O1)C(C)=O. The number of ether oxygens (including phenoxy) is 2. The van der Waals surface area contributed by atoms with Crippen LogP contribution < -0.4 is 15.0 Å². The minimum absolute atomic E-state index is 0.0698. The van der Waals surface area contributed by atoms with Crippen molar-refractivity contribution >= 4 is 17.6 Å². The number of rotatable bonds is 8. The maximum Gasteiger partial charge on any atom is 0.414 e. The highest BCUT2D eigenvalue weighted by Crippen LogP contribution is 2.29. The minimum Gasteiger partial charge on any atom is -0.490 e. The Morgan fingerprint density at radius 3 is 2.83 bits per heavy atom. The zero-order chi connectivity index (χ0) is 21.0. The van der Waals surface area contributed by atoms with E-state index in [0.717, 1.165) is 13.1 Å². The third-order valence-corrected chi connectivity index (χ3v) is 5.43. The molecular weight excluding hydrogens is 379 g/mol. The van der Waals surface area contributed by atoms with E-state index >= 15 is 0 Å². The second-order valence-corrected chi connectivity index (χ2v) is 7.67. The van der Waals surface area contributed by atoms with Crippen LogP contribution in [0, 0.1) is 5.82 Å². The predicted octanol–water partition coefficient (Wildman–Crippen LogP) is 2.57. The standard InChI is InChI=1S/C21H27FN2O5/c1-14(15(2)25)11-17-13-24(20(26)29-17)16-3-4-19(18(22)12-16)28-10-7-21(27)5-8-23-9-6-21/h3-4,12,17,23,27H,1,5-11,13H2,2H3/t17-/m1/s1.